The van der Waals surface area contributed by atoms with Gasteiger partial charge in [-0.3, -0.25) is 14.3 Å². The van der Waals surface area contributed by atoms with Gasteiger partial charge in [-0.05, 0) is 18.2 Å². The molecule has 1 saturated heterocycles. The number of morpholine rings is 1. The molecule has 1 N–H and O–H groups in total. The van der Waals surface area contributed by atoms with Crippen molar-refractivity contribution in [3.63, 3.8) is 0 Å². The first kappa shape index (κ1) is 29.5. The molecule has 0 radical (unpaired) electrons. The molecule has 39 heavy (non-hydrogen) atoms. The Morgan fingerprint density at radius 1 is 1.31 bits per heavy atom. The van der Waals surface area contributed by atoms with Crippen LogP contribution in [0.25, 0.3) is 11.3 Å². The first-order valence-electron chi connectivity index (χ1n) is 11.8. The lowest BCUT2D eigenvalue weighted by atomic mass is 10.1. The molecule has 3 rings (SSSR count). The lowest BCUT2D eigenvalue weighted by Gasteiger charge is -2.26. The maximum Gasteiger partial charge on any atom is 0.387 e. The van der Waals surface area contributed by atoms with Crippen LogP contribution in [0.1, 0.15) is 0 Å². The van der Waals surface area contributed by atoms with Gasteiger partial charge in [-0.15, -0.1) is 0 Å². The number of hydrogen-bond acceptors (Lipinski definition) is 7. The Bertz CT molecular complexity index is 1290. The number of nitrogens with zero attached hydrogens (tertiary/aromatic N) is 5. The predicted octanol–water partition coefficient (Wildman–Crippen LogP) is 3.82. The normalized spacial score (nSPS) is 14.3. The van der Waals surface area contributed by atoms with Crippen LogP contribution in [0, 0.1) is 0 Å². The number of rotatable bonds is 11. The Morgan fingerprint density at radius 2 is 2.03 bits per heavy atom. The highest BCUT2D eigenvalue weighted by molar-refractivity contribution is 6.31. The van der Waals surface area contributed by atoms with E-state index in [1.54, 1.807) is 23.9 Å². The predicted molar refractivity (Wildman–Crippen MR) is 145 cm³/mol. The number of aliphatic imine (C=N–C) groups is 1. The van der Waals surface area contributed by atoms with E-state index in [9.17, 15) is 18.4 Å². The molecule has 1 aromatic carbocycles. The fourth-order valence-corrected chi connectivity index (χ4v) is 3.93. The second kappa shape index (κ2) is 13.7. The van der Waals surface area contributed by atoms with Crippen LogP contribution in [0.3, 0.4) is 0 Å². The largest absolute Gasteiger partial charge is 0.434 e. The molecule has 0 spiro atoms. The number of anilines is 1. The Kier molecular flexibility index (Phi) is 10.4. The number of hydrogen-bond donors (Lipinski definition) is 1. The van der Waals surface area contributed by atoms with Crippen molar-refractivity contribution in [3.8, 4) is 17.0 Å². The number of halogens is 3. The Balaban J connectivity index is 2.07. The molecule has 2 aromatic rings. The van der Waals surface area contributed by atoms with Crippen molar-refractivity contribution in [2.45, 2.75) is 13.2 Å². The fraction of sp³-hybridized carbons (Fsp3) is 0.308. The minimum absolute atomic E-state index is 0.0701. The summed E-state index contributed by atoms with van der Waals surface area (Å²) in [6.45, 7) is 5.75. The van der Waals surface area contributed by atoms with E-state index >= 15 is 0 Å². The van der Waals surface area contributed by atoms with Crippen LogP contribution in [-0.4, -0.2) is 84.6 Å². The summed E-state index contributed by atoms with van der Waals surface area (Å²) in [4.78, 5) is 33.7. The molecule has 208 valence electrons. The number of aromatic nitrogens is 2. The van der Waals surface area contributed by atoms with Gasteiger partial charge in [-0.25, -0.2) is 4.99 Å². The average Bonchev–Trinajstić information content (AvgIpc) is 3.28. The quantitative estimate of drug-likeness (QED) is 0.254. The van der Waals surface area contributed by atoms with Gasteiger partial charge in [0, 0.05) is 50.2 Å². The monoisotopic (exact) mass is 562 g/mol. The van der Waals surface area contributed by atoms with Crippen molar-refractivity contribution in [2.24, 2.45) is 4.99 Å². The van der Waals surface area contributed by atoms with E-state index in [2.05, 4.69) is 33.3 Å². The van der Waals surface area contributed by atoms with E-state index < -0.39 is 12.5 Å². The van der Waals surface area contributed by atoms with Gasteiger partial charge < -0.3 is 24.6 Å². The van der Waals surface area contributed by atoms with Crippen LogP contribution >= 0.6 is 11.6 Å². The van der Waals surface area contributed by atoms with Crippen LogP contribution in [0.4, 0.5) is 14.5 Å². The smallest absolute Gasteiger partial charge is 0.387 e. The highest BCUT2D eigenvalue weighted by Crippen LogP contribution is 2.37. The third-order valence-corrected chi connectivity index (χ3v) is 5.73. The van der Waals surface area contributed by atoms with Crippen LogP contribution in [0.5, 0.6) is 5.75 Å². The van der Waals surface area contributed by atoms with E-state index in [4.69, 9.17) is 16.3 Å². The number of ether oxygens (including phenoxy) is 2. The van der Waals surface area contributed by atoms with Gasteiger partial charge >= 0.3 is 6.61 Å². The summed E-state index contributed by atoms with van der Waals surface area (Å²) < 4.78 is 37.6. The number of carbonyl (C=O) groups is 2. The van der Waals surface area contributed by atoms with Gasteiger partial charge in [0.1, 0.15) is 23.8 Å². The van der Waals surface area contributed by atoms with Crippen molar-refractivity contribution < 1.29 is 27.8 Å². The van der Waals surface area contributed by atoms with Crippen molar-refractivity contribution in [2.75, 3.05) is 45.7 Å². The number of carbonyl (C=O) groups excluding carboxylic acids is 2. The summed E-state index contributed by atoms with van der Waals surface area (Å²) in [6.07, 6.45) is 5.65. The van der Waals surface area contributed by atoms with Crippen LogP contribution in [0.2, 0.25) is 5.02 Å². The average molecular weight is 563 g/mol. The molecule has 0 saturated carbocycles. The van der Waals surface area contributed by atoms with E-state index in [0.29, 0.717) is 32.1 Å². The molecule has 0 unspecified atom stereocenters. The SMILES string of the molecule is C=C/C=N\C(=C(\C=C)C(=O)Nc1cn(CC(=O)N2CCOCC2)nc1-c1cc(Cl)ccc1OC(F)F)N(C)C. The van der Waals surface area contributed by atoms with Gasteiger partial charge in [-0.2, -0.15) is 13.9 Å². The van der Waals surface area contributed by atoms with E-state index in [0.717, 1.165) is 0 Å². The van der Waals surface area contributed by atoms with Crippen LogP contribution < -0.4 is 10.1 Å². The van der Waals surface area contributed by atoms with Crippen molar-refractivity contribution in [1.82, 2.24) is 19.6 Å². The summed E-state index contributed by atoms with van der Waals surface area (Å²) in [7, 11) is 3.40. The maximum atomic E-state index is 13.4. The first-order chi connectivity index (χ1) is 18.6. The lowest BCUT2D eigenvalue weighted by Crippen LogP contribution is -2.42. The molecule has 1 aliphatic heterocycles. The summed E-state index contributed by atoms with van der Waals surface area (Å²) in [5.74, 6) is -0.740. The molecular weight excluding hydrogens is 534 g/mol. The second-order valence-corrected chi connectivity index (χ2v) is 8.84. The number of amides is 2. The molecule has 1 aromatic heterocycles. The summed E-state index contributed by atoms with van der Waals surface area (Å²) in [5.41, 5.74) is 0.413. The molecule has 10 nitrogen and oxygen atoms in total. The summed E-state index contributed by atoms with van der Waals surface area (Å²) in [6, 6.07) is 4.05. The highest BCUT2D eigenvalue weighted by atomic mass is 35.5. The van der Waals surface area contributed by atoms with Crippen molar-refractivity contribution in [1.29, 1.82) is 0 Å². The van der Waals surface area contributed by atoms with E-state index in [1.165, 1.54) is 47.4 Å². The first-order valence-corrected chi connectivity index (χ1v) is 12.2. The molecular formula is C26H29ClF2N6O4. The van der Waals surface area contributed by atoms with Crippen molar-refractivity contribution >= 4 is 35.3 Å². The Hall–Kier alpha value is -4.03. The van der Waals surface area contributed by atoms with E-state index in [1.807, 2.05) is 0 Å². The number of allylic oxidation sites excluding steroid dienone is 1. The second-order valence-electron chi connectivity index (χ2n) is 8.40. The number of benzene rings is 1. The van der Waals surface area contributed by atoms with Crippen LogP contribution in [0.15, 0.2) is 66.1 Å². The zero-order valence-electron chi connectivity index (χ0n) is 21.6. The van der Waals surface area contributed by atoms with Gasteiger partial charge in [0.2, 0.25) is 5.91 Å². The zero-order chi connectivity index (χ0) is 28.5. The Labute approximate surface area is 229 Å². The molecule has 13 heteroatoms. The standard InChI is InChI=1S/C26H29ClF2N6O4/c1-5-9-30-24(33(3)4)18(6-2)25(37)31-20-15-35(16-22(36)34-10-12-38-13-11-34)32-23(20)19-14-17(27)7-8-21(19)39-26(28)29/h5-9,14-15,26H,1-2,10-13,16H2,3-4H3,(H,31,37)/b24-18+,30-9-. The highest BCUT2D eigenvalue weighted by Gasteiger charge is 2.24. The zero-order valence-corrected chi connectivity index (χ0v) is 22.3. The third kappa shape index (κ3) is 7.74. The molecule has 2 heterocycles. The summed E-state index contributed by atoms with van der Waals surface area (Å²) in [5, 5.41) is 7.40. The number of alkyl halides is 2. The van der Waals surface area contributed by atoms with Gasteiger partial charge in [0.05, 0.1) is 24.5 Å². The van der Waals surface area contributed by atoms with Gasteiger partial charge in [0.25, 0.3) is 5.91 Å². The van der Waals surface area contributed by atoms with Crippen molar-refractivity contribution in [3.05, 3.63) is 66.1 Å². The van der Waals surface area contributed by atoms with E-state index in [-0.39, 0.29) is 45.7 Å². The third-order valence-electron chi connectivity index (χ3n) is 5.50. The van der Waals surface area contributed by atoms with Crippen LogP contribution in [-0.2, 0) is 20.9 Å². The maximum absolute atomic E-state index is 13.4. The van der Waals surface area contributed by atoms with Gasteiger partial charge in [0.15, 0.2) is 0 Å². The molecule has 2 amide bonds. The minimum atomic E-state index is -3.12. The molecule has 0 atom stereocenters. The Morgan fingerprint density at radius 3 is 2.64 bits per heavy atom. The number of nitrogens with one attached hydrogen (secondary N) is 1. The summed E-state index contributed by atoms with van der Waals surface area (Å²) >= 11 is 6.16. The minimum Gasteiger partial charge on any atom is -0.434 e. The lowest BCUT2D eigenvalue weighted by molar-refractivity contribution is -0.136. The molecule has 0 aliphatic carbocycles. The van der Waals surface area contributed by atoms with Gasteiger partial charge in [-0.1, -0.05) is 36.9 Å². The fourth-order valence-electron chi connectivity index (χ4n) is 3.75. The molecule has 1 fully saturated rings. The molecule has 0 bridgehead atoms. The topological polar surface area (TPSA) is 101 Å². The molecule has 1 aliphatic rings.